The Morgan fingerprint density at radius 1 is 1.35 bits per heavy atom. The highest BCUT2D eigenvalue weighted by Gasteiger charge is 2.21. The zero-order chi connectivity index (χ0) is 14.6. The molecule has 2 rings (SSSR count). The molecular formula is C12H16N2O5S. The normalized spacial score (nSPS) is 16.9. The minimum atomic E-state index is -3.71. The number of methoxy groups -OCH3 is 1. The van der Waals surface area contributed by atoms with E-state index < -0.39 is 16.0 Å². The number of nitrogens with one attached hydrogen (secondary N) is 1. The summed E-state index contributed by atoms with van der Waals surface area (Å²) in [6.07, 6.45) is 0. The van der Waals surface area contributed by atoms with Gasteiger partial charge in [-0.25, -0.2) is 18.2 Å². The van der Waals surface area contributed by atoms with Gasteiger partial charge < -0.3 is 9.47 Å². The van der Waals surface area contributed by atoms with Crippen LogP contribution in [0.15, 0.2) is 29.2 Å². The van der Waals surface area contributed by atoms with E-state index >= 15 is 0 Å². The van der Waals surface area contributed by atoms with E-state index in [4.69, 9.17) is 4.74 Å². The predicted molar refractivity (Wildman–Crippen MR) is 70.5 cm³/mol. The lowest BCUT2D eigenvalue weighted by Gasteiger charge is -2.26. The summed E-state index contributed by atoms with van der Waals surface area (Å²) in [4.78, 5) is 13.9. The van der Waals surface area contributed by atoms with Crippen molar-refractivity contribution in [2.75, 3.05) is 33.4 Å². The predicted octanol–water partition coefficient (Wildman–Crippen LogP) is -0.00130. The second kappa shape index (κ2) is 6.31. The fourth-order valence-electron chi connectivity index (χ4n) is 1.79. The molecular weight excluding hydrogens is 284 g/mol. The third-order valence-electron chi connectivity index (χ3n) is 2.83. The maximum Gasteiger partial charge on any atom is 0.337 e. The van der Waals surface area contributed by atoms with Crippen LogP contribution in [0, 0.1) is 0 Å². The second-order valence-electron chi connectivity index (χ2n) is 4.21. The first kappa shape index (κ1) is 14.9. The van der Waals surface area contributed by atoms with Crippen molar-refractivity contribution in [2.45, 2.75) is 4.90 Å². The minimum absolute atomic E-state index is 0.0203. The molecule has 1 aliphatic heterocycles. The Labute approximate surface area is 117 Å². The Morgan fingerprint density at radius 2 is 2.05 bits per heavy atom. The van der Waals surface area contributed by atoms with Gasteiger partial charge in [0.25, 0.3) is 10.0 Å². The highest BCUT2D eigenvalue weighted by atomic mass is 32.2. The lowest BCUT2D eigenvalue weighted by Crippen LogP contribution is -2.48. The molecule has 20 heavy (non-hydrogen) atoms. The monoisotopic (exact) mass is 300 g/mol. The van der Waals surface area contributed by atoms with Crippen molar-refractivity contribution >= 4 is 16.0 Å². The maximum absolute atomic E-state index is 12.2. The van der Waals surface area contributed by atoms with Crippen LogP contribution in [-0.2, 0) is 19.5 Å². The van der Waals surface area contributed by atoms with Gasteiger partial charge in [0, 0.05) is 13.1 Å². The summed E-state index contributed by atoms with van der Waals surface area (Å²) in [7, 11) is -2.47. The smallest absolute Gasteiger partial charge is 0.337 e. The largest absolute Gasteiger partial charge is 0.465 e. The van der Waals surface area contributed by atoms with Crippen LogP contribution in [0.4, 0.5) is 0 Å². The summed E-state index contributed by atoms with van der Waals surface area (Å²) < 4.78 is 34.2. The van der Waals surface area contributed by atoms with Crippen molar-refractivity contribution in [3.05, 3.63) is 29.8 Å². The fraction of sp³-hybridized carbons (Fsp3) is 0.417. The number of hydrazine groups is 1. The number of carbonyl (C=O) groups is 1. The number of morpholine rings is 1. The van der Waals surface area contributed by atoms with Gasteiger partial charge in [-0.1, -0.05) is 6.07 Å². The van der Waals surface area contributed by atoms with E-state index in [-0.39, 0.29) is 10.5 Å². The maximum atomic E-state index is 12.2. The Kier molecular flexibility index (Phi) is 4.71. The van der Waals surface area contributed by atoms with Gasteiger partial charge in [-0.2, -0.15) is 0 Å². The molecule has 1 N–H and O–H groups in total. The van der Waals surface area contributed by atoms with Crippen molar-refractivity contribution in [1.82, 2.24) is 9.84 Å². The molecule has 0 spiro atoms. The number of hydrogen-bond acceptors (Lipinski definition) is 6. The van der Waals surface area contributed by atoms with Crippen LogP contribution in [0.3, 0.4) is 0 Å². The van der Waals surface area contributed by atoms with E-state index in [1.54, 1.807) is 5.01 Å². The first-order chi connectivity index (χ1) is 9.53. The summed E-state index contributed by atoms with van der Waals surface area (Å²) in [5, 5.41) is 1.57. The number of sulfonamides is 1. The Hall–Kier alpha value is -1.48. The molecule has 0 amide bonds. The van der Waals surface area contributed by atoms with Gasteiger partial charge in [-0.3, -0.25) is 0 Å². The fourth-order valence-corrected chi connectivity index (χ4v) is 2.95. The molecule has 1 aromatic rings. The molecule has 1 saturated heterocycles. The Morgan fingerprint density at radius 3 is 2.70 bits per heavy atom. The summed E-state index contributed by atoms with van der Waals surface area (Å²) in [5.74, 6) is -0.576. The number of rotatable bonds is 4. The SMILES string of the molecule is COC(=O)c1cccc(S(=O)(=O)NN2CCOCC2)c1. The lowest BCUT2D eigenvalue weighted by molar-refractivity contribution is 0.0272. The molecule has 0 bridgehead atoms. The molecule has 7 nitrogen and oxygen atoms in total. The van der Waals surface area contributed by atoms with E-state index in [9.17, 15) is 13.2 Å². The highest BCUT2D eigenvalue weighted by molar-refractivity contribution is 7.89. The van der Waals surface area contributed by atoms with Crippen LogP contribution in [0.5, 0.6) is 0 Å². The van der Waals surface area contributed by atoms with Crippen LogP contribution in [0.25, 0.3) is 0 Å². The van der Waals surface area contributed by atoms with Crippen LogP contribution in [0.2, 0.25) is 0 Å². The molecule has 8 heteroatoms. The average molecular weight is 300 g/mol. The van der Waals surface area contributed by atoms with Crippen LogP contribution in [0.1, 0.15) is 10.4 Å². The highest BCUT2D eigenvalue weighted by Crippen LogP contribution is 2.13. The van der Waals surface area contributed by atoms with Gasteiger partial charge in [0.2, 0.25) is 0 Å². The molecule has 110 valence electrons. The van der Waals surface area contributed by atoms with E-state index in [1.807, 2.05) is 0 Å². The number of ether oxygens (including phenoxy) is 2. The number of benzene rings is 1. The van der Waals surface area contributed by atoms with Crippen molar-refractivity contribution in [1.29, 1.82) is 0 Å². The van der Waals surface area contributed by atoms with Crippen LogP contribution in [-0.4, -0.2) is 52.8 Å². The lowest BCUT2D eigenvalue weighted by atomic mass is 10.2. The minimum Gasteiger partial charge on any atom is -0.465 e. The van der Waals surface area contributed by atoms with Crippen molar-refractivity contribution in [2.24, 2.45) is 0 Å². The topological polar surface area (TPSA) is 84.9 Å². The quantitative estimate of drug-likeness (QED) is 0.788. The third-order valence-corrected chi connectivity index (χ3v) is 4.20. The van der Waals surface area contributed by atoms with E-state index in [2.05, 4.69) is 9.57 Å². The zero-order valence-electron chi connectivity index (χ0n) is 11.0. The Balaban J connectivity index is 2.18. The molecule has 1 fully saturated rings. The van der Waals surface area contributed by atoms with Gasteiger partial charge in [0.1, 0.15) is 0 Å². The van der Waals surface area contributed by atoms with E-state index in [1.165, 1.54) is 31.4 Å². The molecule has 0 aliphatic carbocycles. The summed E-state index contributed by atoms with van der Waals surface area (Å²) in [5.41, 5.74) is 0.192. The Bertz CT molecular complexity index is 581. The number of hydrogen-bond donors (Lipinski definition) is 1. The molecule has 0 saturated carbocycles. The molecule has 0 radical (unpaired) electrons. The van der Waals surface area contributed by atoms with Gasteiger partial charge >= 0.3 is 5.97 Å². The van der Waals surface area contributed by atoms with Crippen LogP contribution < -0.4 is 4.83 Å². The first-order valence-electron chi connectivity index (χ1n) is 6.06. The number of esters is 1. The molecule has 1 heterocycles. The van der Waals surface area contributed by atoms with Gasteiger partial charge in [-0.05, 0) is 18.2 Å². The average Bonchev–Trinajstić information content (AvgIpc) is 2.47. The van der Waals surface area contributed by atoms with Gasteiger partial charge in [-0.15, -0.1) is 4.83 Å². The van der Waals surface area contributed by atoms with Gasteiger partial charge in [0.15, 0.2) is 0 Å². The van der Waals surface area contributed by atoms with Crippen molar-refractivity contribution in [3.63, 3.8) is 0 Å². The van der Waals surface area contributed by atoms with Gasteiger partial charge in [0.05, 0.1) is 30.8 Å². The number of nitrogens with zero attached hydrogens (tertiary/aromatic N) is 1. The van der Waals surface area contributed by atoms with E-state index in [0.29, 0.717) is 26.3 Å². The summed E-state index contributed by atoms with van der Waals surface area (Å²) >= 11 is 0. The van der Waals surface area contributed by atoms with Crippen LogP contribution >= 0.6 is 0 Å². The summed E-state index contributed by atoms with van der Waals surface area (Å²) in [6.45, 7) is 1.92. The van der Waals surface area contributed by atoms with E-state index in [0.717, 1.165) is 0 Å². The second-order valence-corrected chi connectivity index (χ2v) is 5.87. The number of carbonyl (C=O) groups excluding carboxylic acids is 1. The standard InChI is InChI=1S/C12H16N2O5S/c1-18-12(15)10-3-2-4-11(9-10)20(16,17)13-14-5-7-19-8-6-14/h2-4,9,13H,5-8H2,1H3. The molecule has 1 aliphatic rings. The third kappa shape index (κ3) is 3.54. The zero-order valence-corrected chi connectivity index (χ0v) is 11.9. The summed E-state index contributed by atoms with van der Waals surface area (Å²) in [6, 6.07) is 5.71. The molecule has 0 atom stereocenters. The molecule has 0 unspecified atom stereocenters. The van der Waals surface area contributed by atoms with Crippen molar-refractivity contribution < 1.29 is 22.7 Å². The molecule has 1 aromatic carbocycles. The van der Waals surface area contributed by atoms with Crippen molar-refractivity contribution in [3.8, 4) is 0 Å². The first-order valence-corrected chi connectivity index (χ1v) is 7.55. The molecule has 0 aromatic heterocycles.